The molecule has 0 fully saturated rings. The molecule has 1 aromatic carbocycles. The van der Waals surface area contributed by atoms with Gasteiger partial charge in [0, 0.05) is 30.2 Å². The summed E-state index contributed by atoms with van der Waals surface area (Å²) in [5.41, 5.74) is 3.75. The number of pyridine rings is 2. The number of aliphatic carboxylic acids is 1. The number of fused-ring (bicyclic) bond motifs is 3. The number of ether oxygens (including phenoxy) is 3. The highest BCUT2D eigenvalue weighted by Crippen LogP contribution is 2.34. The van der Waals surface area contributed by atoms with Crippen molar-refractivity contribution in [3.8, 4) is 17.4 Å². The first kappa shape index (κ1) is 23.1. The van der Waals surface area contributed by atoms with E-state index in [4.69, 9.17) is 19.2 Å². The number of rotatable bonds is 8. The van der Waals surface area contributed by atoms with Gasteiger partial charge < -0.3 is 24.6 Å². The molecule has 4 aromatic rings. The Balaban J connectivity index is 1.19. The molecule has 3 aromatic heterocycles. The molecule has 0 spiro atoms. The number of nitrogens with one attached hydrogen (secondary N) is 1. The second-order valence-corrected chi connectivity index (χ2v) is 9.13. The van der Waals surface area contributed by atoms with E-state index in [9.17, 15) is 9.90 Å². The van der Waals surface area contributed by atoms with Gasteiger partial charge in [0.25, 0.3) is 5.88 Å². The van der Waals surface area contributed by atoms with Crippen LogP contribution in [-0.4, -0.2) is 57.2 Å². The van der Waals surface area contributed by atoms with Crippen molar-refractivity contribution in [1.82, 2.24) is 19.7 Å². The first-order valence-electron chi connectivity index (χ1n) is 12.4. The fourth-order valence-electron chi connectivity index (χ4n) is 4.79. The van der Waals surface area contributed by atoms with Crippen molar-refractivity contribution in [2.45, 2.75) is 31.7 Å². The van der Waals surface area contributed by atoms with Crippen molar-refractivity contribution in [2.75, 3.05) is 31.7 Å². The van der Waals surface area contributed by atoms with Gasteiger partial charge >= 0.3 is 5.97 Å². The molecule has 0 saturated heterocycles. The highest BCUT2D eigenvalue weighted by atomic mass is 16.6. The van der Waals surface area contributed by atoms with Gasteiger partial charge in [-0.15, -0.1) is 0 Å². The minimum absolute atomic E-state index is 0.154. The van der Waals surface area contributed by atoms with Crippen LogP contribution in [-0.2, 0) is 17.6 Å². The fourth-order valence-corrected chi connectivity index (χ4v) is 4.79. The van der Waals surface area contributed by atoms with Crippen LogP contribution >= 0.6 is 0 Å². The third-order valence-electron chi connectivity index (χ3n) is 6.61. The Kier molecular flexibility index (Phi) is 6.21. The van der Waals surface area contributed by atoms with Gasteiger partial charge in [-0.05, 0) is 54.3 Å². The molecule has 1 atom stereocenters. The second kappa shape index (κ2) is 9.96. The smallest absolute Gasteiger partial charge is 0.305 e. The summed E-state index contributed by atoms with van der Waals surface area (Å²) in [7, 11) is 0. The van der Waals surface area contributed by atoms with E-state index in [2.05, 4.69) is 27.5 Å². The summed E-state index contributed by atoms with van der Waals surface area (Å²) >= 11 is 0. The molecule has 1 unspecified atom stereocenters. The van der Waals surface area contributed by atoms with E-state index < -0.39 is 12.0 Å². The predicted molar refractivity (Wildman–Crippen MR) is 136 cm³/mol. The number of nitrogens with zero attached hydrogens (tertiary/aromatic N) is 4. The topological polar surface area (TPSA) is 121 Å². The third-order valence-corrected chi connectivity index (χ3v) is 6.61. The molecule has 10 nitrogen and oxygen atoms in total. The molecule has 0 amide bonds. The maximum Gasteiger partial charge on any atom is 0.305 e. The molecular formula is C27H27N5O5. The van der Waals surface area contributed by atoms with E-state index in [-0.39, 0.29) is 6.42 Å². The number of aromatic nitrogens is 4. The normalized spacial score (nSPS) is 15.0. The monoisotopic (exact) mass is 501 g/mol. The molecule has 2 aliphatic rings. The molecule has 0 aliphatic carbocycles. The van der Waals surface area contributed by atoms with Gasteiger partial charge in [0.2, 0.25) is 0 Å². The maximum atomic E-state index is 11.7. The summed E-state index contributed by atoms with van der Waals surface area (Å²) in [6.07, 6.45) is 6.10. The van der Waals surface area contributed by atoms with Gasteiger partial charge in [0.15, 0.2) is 5.75 Å². The van der Waals surface area contributed by atoms with Crippen molar-refractivity contribution < 1.29 is 24.1 Å². The van der Waals surface area contributed by atoms with Gasteiger partial charge in [-0.3, -0.25) is 9.48 Å². The number of carboxylic acid groups (broad SMARTS) is 1. The van der Waals surface area contributed by atoms with Crippen LogP contribution in [0.4, 0.5) is 5.82 Å². The number of carboxylic acids is 1. The molecule has 5 heterocycles. The Hall–Kier alpha value is -4.34. The first-order valence-corrected chi connectivity index (χ1v) is 12.4. The second-order valence-electron chi connectivity index (χ2n) is 9.13. The molecule has 190 valence electrons. The molecule has 37 heavy (non-hydrogen) atoms. The van der Waals surface area contributed by atoms with Crippen LogP contribution in [0.25, 0.3) is 10.9 Å². The number of hydrogen-bond acceptors (Lipinski definition) is 8. The van der Waals surface area contributed by atoms with E-state index in [1.54, 1.807) is 23.1 Å². The van der Waals surface area contributed by atoms with Gasteiger partial charge in [0.05, 0.1) is 30.8 Å². The number of aryl methyl sites for hydroxylation is 1. The van der Waals surface area contributed by atoms with Gasteiger partial charge in [0.1, 0.15) is 24.8 Å². The summed E-state index contributed by atoms with van der Waals surface area (Å²) in [4.78, 5) is 20.8. The van der Waals surface area contributed by atoms with Gasteiger partial charge in [-0.1, -0.05) is 6.07 Å². The lowest BCUT2D eigenvalue weighted by Crippen LogP contribution is -2.19. The highest BCUT2D eigenvalue weighted by Gasteiger charge is 2.24. The number of carbonyl (C=O) groups is 1. The van der Waals surface area contributed by atoms with Crippen LogP contribution in [0.3, 0.4) is 0 Å². The number of hydrogen-bond donors (Lipinski definition) is 2. The highest BCUT2D eigenvalue weighted by molar-refractivity contribution is 5.81. The lowest BCUT2D eigenvalue weighted by Gasteiger charge is -2.21. The van der Waals surface area contributed by atoms with Gasteiger partial charge in [-0.25, -0.2) is 9.97 Å². The predicted octanol–water partition coefficient (Wildman–Crippen LogP) is 3.64. The van der Waals surface area contributed by atoms with Crippen LogP contribution in [0.15, 0.2) is 48.8 Å². The summed E-state index contributed by atoms with van der Waals surface area (Å²) in [6, 6.07) is 11.1. The molecule has 6 rings (SSSR count). The lowest BCUT2D eigenvalue weighted by molar-refractivity contribution is -0.137. The van der Waals surface area contributed by atoms with Gasteiger partial charge in [-0.2, -0.15) is 5.10 Å². The van der Waals surface area contributed by atoms with E-state index in [1.165, 1.54) is 5.56 Å². The Morgan fingerprint density at radius 2 is 2.08 bits per heavy atom. The number of benzene rings is 1. The number of anilines is 1. The first-order chi connectivity index (χ1) is 18.1. The van der Waals surface area contributed by atoms with E-state index >= 15 is 0 Å². The SMILES string of the molecule is O=C(O)CC(c1cnc2c(c1)OCCO2)n1ncc2cc(OCCc3ccc4c(n3)NCCC4)ccc21. The van der Waals surface area contributed by atoms with E-state index in [1.807, 2.05) is 18.2 Å². The quantitative estimate of drug-likeness (QED) is 0.373. The van der Waals surface area contributed by atoms with Crippen molar-refractivity contribution in [3.63, 3.8) is 0 Å². The van der Waals surface area contributed by atoms with E-state index in [0.29, 0.717) is 43.4 Å². The molecule has 0 bridgehead atoms. The minimum atomic E-state index is -0.936. The van der Waals surface area contributed by atoms with Crippen molar-refractivity contribution in [3.05, 3.63) is 65.6 Å². The van der Waals surface area contributed by atoms with Crippen LogP contribution < -0.4 is 19.5 Å². The Bertz CT molecular complexity index is 1450. The average molecular weight is 502 g/mol. The summed E-state index contributed by atoms with van der Waals surface area (Å²) in [6.45, 7) is 2.32. The van der Waals surface area contributed by atoms with Crippen molar-refractivity contribution in [1.29, 1.82) is 0 Å². The summed E-state index contributed by atoms with van der Waals surface area (Å²) in [5, 5.41) is 18.4. The molecule has 2 aliphatic heterocycles. The van der Waals surface area contributed by atoms with Crippen LogP contribution in [0, 0.1) is 0 Å². The third kappa shape index (κ3) is 4.87. The van der Waals surface area contributed by atoms with Crippen molar-refractivity contribution in [2.24, 2.45) is 0 Å². The fraction of sp³-hybridized carbons (Fsp3) is 0.333. The Morgan fingerprint density at radius 3 is 3.00 bits per heavy atom. The lowest BCUT2D eigenvalue weighted by atomic mass is 10.1. The molecule has 0 saturated carbocycles. The minimum Gasteiger partial charge on any atom is -0.493 e. The van der Waals surface area contributed by atoms with Crippen molar-refractivity contribution >= 4 is 22.7 Å². The summed E-state index contributed by atoms with van der Waals surface area (Å²) in [5.74, 6) is 1.70. The van der Waals surface area contributed by atoms with Crippen LogP contribution in [0.1, 0.15) is 35.7 Å². The maximum absolute atomic E-state index is 11.7. The molecule has 10 heteroatoms. The van der Waals surface area contributed by atoms with Crippen LogP contribution in [0.5, 0.6) is 17.4 Å². The molecule has 2 N–H and O–H groups in total. The molecule has 0 radical (unpaired) electrons. The average Bonchev–Trinajstić information content (AvgIpc) is 3.34. The Labute approximate surface area is 213 Å². The largest absolute Gasteiger partial charge is 0.493 e. The zero-order valence-electron chi connectivity index (χ0n) is 20.2. The Morgan fingerprint density at radius 1 is 1.16 bits per heavy atom. The van der Waals surface area contributed by atoms with E-state index in [0.717, 1.165) is 47.6 Å². The van der Waals surface area contributed by atoms with Crippen LogP contribution in [0.2, 0.25) is 0 Å². The zero-order valence-corrected chi connectivity index (χ0v) is 20.2. The molecular weight excluding hydrogens is 474 g/mol. The standard InChI is InChI=1S/C27H27N5O5/c33-25(34)14-23(19-13-24-27(29-15-19)37-11-10-36-24)32-22-6-5-21(12-18(22)16-30-32)35-9-7-20-4-3-17-2-1-8-28-26(17)31-20/h3-6,12-13,15-16,23H,1-2,7-11,14H2,(H,28,31)(H,33,34). The zero-order chi connectivity index (χ0) is 25.2. The summed E-state index contributed by atoms with van der Waals surface area (Å²) < 4.78 is 18.9.